The Bertz CT molecular complexity index is 790. The summed E-state index contributed by atoms with van der Waals surface area (Å²) in [5.41, 5.74) is 0.224. The average molecular weight is 385 g/mol. The second-order valence-corrected chi connectivity index (χ2v) is 5.75. The van der Waals surface area contributed by atoms with Gasteiger partial charge in [0.25, 0.3) is 5.91 Å². The molecule has 0 spiro atoms. The van der Waals surface area contributed by atoms with Gasteiger partial charge in [-0.15, -0.1) is 0 Å². The van der Waals surface area contributed by atoms with Gasteiger partial charge in [0.15, 0.2) is 6.61 Å². The smallest absolute Gasteiger partial charge is 0.342 e. The fourth-order valence-corrected chi connectivity index (χ4v) is 2.29. The molecule has 2 rings (SSSR count). The van der Waals surface area contributed by atoms with Crippen LogP contribution < -0.4 is 10.1 Å². The molecule has 7 heteroatoms. The number of carbonyl (C=O) groups is 3. The molecule has 0 bridgehead atoms. The number of hydrogen-bond donors (Lipinski definition) is 1. The van der Waals surface area contributed by atoms with Crippen LogP contribution in [0.3, 0.4) is 0 Å². The minimum atomic E-state index is -0.659. The molecule has 0 radical (unpaired) electrons. The van der Waals surface area contributed by atoms with Crippen molar-refractivity contribution in [3.63, 3.8) is 0 Å². The van der Waals surface area contributed by atoms with E-state index in [1.165, 1.54) is 0 Å². The number of ether oxygens (including phenoxy) is 3. The van der Waals surface area contributed by atoms with Gasteiger partial charge in [-0.25, -0.2) is 4.79 Å². The minimum Gasteiger partial charge on any atom is -0.466 e. The number of nitrogens with one attached hydrogen (secondary N) is 1. The highest BCUT2D eigenvalue weighted by Crippen LogP contribution is 2.25. The summed E-state index contributed by atoms with van der Waals surface area (Å²) in [6, 6.07) is 15.7. The third-order valence-corrected chi connectivity index (χ3v) is 3.60. The highest BCUT2D eigenvalue weighted by Gasteiger charge is 2.15. The number of hydrogen-bond acceptors (Lipinski definition) is 6. The minimum absolute atomic E-state index is 0.220. The molecular formula is C21H23NO6. The Labute approximate surface area is 163 Å². The van der Waals surface area contributed by atoms with Gasteiger partial charge in [0.2, 0.25) is 0 Å². The summed E-state index contributed by atoms with van der Waals surface area (Å²) in [7, 11) is 0. The van der Waals surface area contributed by atoms with Gasteiger partial charge in [-0.3, -0.25) is 9.59 Å². The first kappa shape index (κ1) is 21.0. The number of rotatable bonds is 10. The molecule has 0 aromatic heterocycles. The predicted molar refractivity (Wildman–Crippen MR) is 102 cm³/mol. The van der Waals surface area contributed by atoms with E-state index in [0.717, 1.165) is 0 Å². The van der Waals surface area contributed by atoms with Crippen LogP contribution >= 0.6 is 0 Å². The SMILES string of the molecule is CCOC(=O)CCCNC(=O)COC(=O)c1ccccc1Oc1ccccc1. The first-order chi connectivity index (χ1) is 13.6. The van der Waals surface area contributed by atoms with Crippen molar-refractivity contribution >= 4 is 17.8 Å². The summed E-state index contributed by atoms with van der Waals surface area (Å²) in [6.45, 7) is 1.94. The largest absolute Gasteiger partial charge is 0.466 e. The second kappa shape index (κ2) is 11.4. The van der Waals surface area contributed by atoms with Crippen LogP contribution in [0.25, 0.3) is 0 Å². The lowest BCUT2D eigenvalue weighted by atomic mass is 10.2. The maximum absolute atomic E-state index is 12.3. The summed E-state index contributed by atoms with van der Waals surface area (Å²) in [4.78, 5) is 35.3. The Morgan fingerprint density at radius 2 is 1.64 bits per heavy atom. The van der Waals surface area contributed by atoms with Gasteiger partial charge in [0.05, 0.1) is 6.61 Å². The highest BCUT2D eigenvalue weighted by molar-refractivity contribution is 5.94. The molecule has 1 N–H and O–H groups in total. The molecule has 0 aliphatic heterocycles. The van der Waals surface area contributed by atoms with Gasteiger partial charge in [-0.1, -0.05) is 30.3 Å². The van der Waals surface area contributed by atoms with E-state index in [1.54, 1.807) is 43.3 Å². The van der Waals surface area contributed by atoms with Crippen LogP contribution in [-0.2, 0) is 19.1 Å². The maximum Gasteiger partial charge on any atom is 0.342 e. The van der Waals surface area contributed by atoms with Crippen molar-refractivity contribution in [3.8, 4) is 11.5 Å². The summed E-state index contributed by atoms with van der Waals surface area (Å²) in [5.74, 6) is -0.485. The number of carbonyl (C=O) groups excluding carboxylic acids is 3. The van der Waals surface area contributed by atoms with Crippen LogP contribution in [0.15, 0.2) is 54.6 Å². The van der Waals surface area contributed by atoms with Crippen LogP contribution in [-0.4, -0.2) is 37.6 Å². The number of esters is 2. The van der Waals surface area contributed by atoms with Crippen LogP contribution in [0, 0.1) is 0 Å². The zero-order valence-electron chi connectivity index (χ0n) is 15.7. The third kappa shape index (κ3) is 7.11. The van der Waals surface area contributed by atoms with Crippen molar-refractivity contribution < 1.29 is 28.6 Å². The van der Waals surface area contributed by atoms with Gasteiger partial charge < -0.3 is 19.5 Å². The van der Waals surface area contributed by atoms with E-state index in [-0.39, 0.29) is 18.0 Å². The number of amides is 1. The average Bonchev–Trinajstić information content (AvgIpc) is 2.71. The van der Waals surface area contributed by atoms with Gasteiger partial charge in [0, 0.05) is 13.0 Å². The topological polar surface area (TPSA) is 90.9 Å². The van der Waals surface area contributed by atoms with Crippen molar-refractivity contribution in [2.75, 3.05) is 19.8 Å². The molecule has 7 nitrogen and oxygen atoms in total. The lowest BCUT2D eigenvalue weighted by molar-refractivity contribution is -0.143. The molecule has 0 aliphatic rings. The van der Waals surface area contributed by atoms with E-state index >= 15 is 0 Å². The Morgan fingerprint density at radius 3 is 2.39 bits per heavy atom. The molecule has 0 saturated carbocycles. The molecule has 0 heterocycles. The first-order valence-electron chi connectivity index (χ1n) is 9.01. The molecule has 1 amide bonds. The van der Waals surface area contributed by atoms with Crippen molar-refractivity contribution in [1.29, 1.82) is 0 Å². The van der Waals surface area contributed by atoms with Crippen molar-refractivity contribution in [1.82, 2.24) is 5.32 Å². The summed E-state index contributed by atoms with van der Waals surface area (Å²) in [5, 5.41) is 2.59. The van der Waals surface area contributed by atoms with E-state index in [0.29, 0.717) is 31.1 Å². The van der Waals surface area contributed by atoms with E-state index in [1.807, 2.05) is 18.2 Å². The van der Waals surface area contributed by atoms with Gasteiger partial charge in [-0.05, 0) is 37.6 Å². The third-order valence-electron chi connectivity index (χ3n) is 3.60. The van der Waals surface area contributed by atoms with E-state index < -0.39 is 18.5 Å². The second-order valence-electron chi connectivity index (χ2n) is 5.75. The van der Waals surface area contributed by atoms with Gasteiger partial charge in [-0.2, -0.15) is 0 Å². The predicted octanol–water partition coefficient (Wildman–Crippen LogP) is 3.10. The van der Waals surface area contributed by atoms with E-state index in [2.05, 4.69) is 5.32 Å². The van der Waals surface area contributed by atoms with Gasteiger partial charge >= 0.3 is 11.9 Å². The van der Waals surface area contributed by atoms with E-state index in [9.17, 15) is 14.4 Å². The zero-order valence-corrected chi connectivity index (χ0v) is 15.7. The standard InChI is InChI=1S/C21H23NO6/c1-2-26-20(24)13-8-14-22-19(23)15-27-21(25)17-11-6-7-12-18(17)28-16-9-4-3-5-10-16/h3-7,9-12H,2,8,13-15H2,1H3,(H,22,23). The van der Waals surface area contributed by atoms with Crippen LogP contribution in [0.1, 0.15) is 30.1 Å². The molecule has 0 saturated heterocycles. The van der Waals surface area contributed by atoms with E-state index in [4.69, 9.17) is 14.2 Å². The summed E-state index contributed by atoms with van der Waals surface area (Å²) < 4.78 is 15.6. The van der Waals surface area contributed by atoms with Crippen LogP contribution in [0.5, 0.6) is 11.5 Å². The first-order valence-corrected chi connectivity index (χ1v) is 9.01. The Hall–Kier alpha value is -3.35. The number of benzene rings is 2. The fourth-order valence-electron chi connectivity index (χ4n) is 2.29. The molecule has 2 aromatic rings. The van der Waals surface area contributed by atoms with Crippen LogP contribution in [0.2, 0.25) is 0 Å². The normalized spacial score (nSPS) is 10.0. The Morgan fingerprint density at radius 1 is 0.929 bits per heavy atom. The monoisotopic (exact) mass is 385 g/mol. The van der Waals surface area contributed by atoms with Crippen molar-refractivity contribution in [2.45, 2.75) is 19.8 Å². The van der Waals surface area contributed by atoms with Gasteiger partial charge in [0.1, 0.15) is 17.1 Å². The molecule has 2 aromatic carbocycles. The van der Waals surface area contributed by atoms with Crippen molar-refractivity contribution in [3.05, 3.63) is 60.2 Å². The van der Waals surface area contributed by atoms with Crippen molar-refractivity contribution in [2.24, 2.45) is 0 Å². The maximum atomic E-state index is 12.3. The highest BCUT2D eigenvalue weighted by atomic mass is 16.5. The quantitative estimate of drug-likeness (QED) is 0.499. The lowest BCUT2D eigenvalue weighted by Gasteiger charge is -2.11. The summed E-state index contributed by atoms with van der Waals surface area (Å²) >= 11 is 0. The number of para-hydroxylation sites is 2. The Balaban J connectivity index is 1.80. The molecule has 0 aliphatic carbocycles. The zero-order chi connectivity index (χ0) is 20.2. The molecule has 0 atom stereocenters. The fraction of sp³-hybridized carbons (Fsp3) is 0.286. The summed E-state index contributed by atoms with van der Waals surface area (Å²) in [6.07, 6.45) is 0.671. The molecule has 148 valence electrons. The molecule has 0 fully saturated rings. The lowest BCUT2D eigenvalue weighted by Crippen LogP contribution is -2.30. The molecule has 0 unspecified atom stereocenters. The Kier molecular flexibility index (Phi) is 8.52. The van der Waals surface area contributed by atoms with Crippen LogP contribution in [0.4, 0.5) is 0 Å². The molecular weight excluding hydrogens is 362 g/mol. The molecule has 28 heavy (non-hydrogen) atoms.